The van der Waals surface area contributed by atoms with E-state index in [1.165, 1.54) is 0 Å². The Labute approximate surface area is 102 Å². The van der Waals surface area contributed by atoms with Crippen molar-refractivity contribution in [2.75, 3.05) is 6.61 Å². The summed E-state index contributed by atoms with van der Waals surface area (Å²) < 4.78 is 5.44. The largest absolute Gasteiger partial charge is 0.394 e. The third kappa shape index (κ3) is 4.97. The Kier molecular flexibility index (Phi) is 5.66. The molecule has 0 aliphatic carbocycles. The van der Waals surface area contributed by atoms with Gasteiger partial charge in [0.1, 0.15) is 6.10 Å². The monoisotopic (exact) mass is 237 g/mol. The number of benzene rings is 1. The van der Waals surface area contributed by atoms with E-state index >= 15 is 0 Å². The summed E-state index contributed by atoms with van der Waals surface area (Å²) in [5, 5.41) is 11.5. The highest BCUT2D eigenvalue weighted by Crippen LogP contribution is 2.03. The van der Waals surface area contributed by atoms with E-state index in [4.69, 9.17) is 9.84 Å². The Bertz CT molecular complexity index is 340. The molecule has 4 nitrogen and oxygen atoms in total. The predicted molar refractivity (Wildman–Crippen MR) is 65.4 cm³/mol. The molecule has 2 N–H and O–H groups in total. The zero-order valence-corrected chi connectivity index (χ0v) is 10.2. The number of ether oxygens (including phenoxy) is 1. The molecular formula is C13H19NO3. The summed E-state index contributed by atoms with van der Waals surface area (Å²) in [4.78, 5) is 11.6. The molecule has 1 aromatic carbocycles. The van der Waals surface area contributed by atoms with Crippen molar-refractivity contribution in [3.63, 3.8) is 0 Å². The molecule has 0 saturated heterocycles. The van der Waals surface area contributed by atoms with Crippen LogP contribution in [0.1, 0.15) is 19.4 Å². The van der Waals surface area contributed by atoms with Gasteiger partial charge in [-0.3, -0.25) is 4.79 Å². The zero-order valence-electron chi connectivity index (χ0n) is 10.2. The van der Waals surface area contributed by atoms with E-state index < -0.39 is 6.10 Å². The number of aliphatic hydroxyl groups excluding tert-OH is 1. The second kappa shape index (κ2) is 7.04. The highest BCUT2D eigenvalue weighted by Gasteiger charge is 2.15. The zero-order chi connectivity index (χ0) is 12.7. The SMILES string of the molecule is CC(CO)NC(=O)C(C)OCc1ccccc1. The first-order valence-corrected chi connectivity index (χ1v) is 5.70. The van der Waals surface area contributed by atoms with Gasteiger partial charge in [0.15, 0.2) is 0 Å². The van der Waals surface area contributed by atoms with Gasteiger partial charge in [0, 0.05) is 6.04 Å². The predicted octanol–water partition coefficient (Wildman–Crippen LogP) is 1.09. The third-order valence-electron chi connectivity index (χ3n) is 2.37. The molecule has 17 heavy (non-hydrogen) atoms. The number of aliphatic hydroxyl groups is 1. The molecule has 2 unspecified atom stereocenters. The van der Waals surface area contributed by atoms with Gasteiger partial charge in [-0.1, -0.05) is 30.3 Å². The van der Waals surface area contributed by atoms with E-state index in [1.807, 2.05) is 30.3 Å². The standard InChI is InChI=1S/C13H19NO3/c1-10(8-15)14-13(16)11(2)17-9-12-6-4-3-5-7-12/h3-7,10-11,15H,8-9H2,1-2H3,(H,14,16). The third-order valence-corrected chi connectivity index (χ3v) is 2.37. The summed E-state index contributed by atoms with van der Waals surface area (Å²) in [5.41, 5.74) is 1.03. The molecule has 0 aliphatic heterocycles. The second-order valence-electron chi connectivity index (χ2n) is 4.03. The van der Waals surface area contributed by atoms with Crippen LogP contribution in [0, 0.1) is 0 Å². The first-order valence-electron chi connectivity index (χ1n) is 5.70. The maximum Gasteiger partial charge on any atom is 0.249 e. The van der Waals surface area contributed by atoms with E-state index in [2.05, 4.69) is 5.32 Å². The lowest BCUT2D eigenvalue weighted by atomic mass is 10.2. The fraction of sp³-hybridized carbons (Fsp3) is 0.462. The highest BCUT2D eigenvalue weighted by atomic mass is 16.5. The molecular weight excluding hydrogens is 218 g/mol. The Balaban J connectivity index is 2.34. The van der Waals surface area contributed by atoms with Crippen molar-refractivity contribution in [1.29, 1.82) is 0 Å². The van der Waals surface area contributed by atoms with Crippen molar-refractivity contribution >= 4 is 5.91 Å². The van der Waals surface area contributed by atoms with Crippen LogP contribution >= 0.6 is 0 Å². The van der Waals surface area contributed by atoms with Crippen LogP contribution in [0.15, 0.2) is 30.3 Å². The van der Waals surface area contributed by atoms with Gasteiger partial charge in [0.05, 0.1) is 13.2 Å². The Morgan fingerprint density at radius 2 is 2.00 bits per heavy atom. The summed E-state index contributed by atoms with van der Waals surface area (Å²) in [5.74, 6) is -0.206. The molecule has 94 valence electrons. The van der Waals surface area contributed by atoms with Crippen molar-refractivity contribution in [1.82, 2.24) is 5.32 Å². The normalized spacial score (nSPS) is 14.1. The van der Waals surface area contributed by atoms with Crippen molar-refractivity contribution in [3.05, 3.63) is 35.9 Å². The van der Waals surface area contributed by atoms with E-state index in [1.54, 1.807) is 13.8 Å². The first kappa shape index (κ1) is 13.7. The van der Waals surface area contributed by atoms with Crippen LogP contribution in [0.5, 0.6) is 0 Å². The van der Waals surface area contributed by atoms with Gasteiger partial charge in [-0.15, -0.1) is 0 Å². The fourth-order valence-electron chi connectivity index (χ4n) is 1.28. The Morgan fingerprint density at radius 3 is 2.59 bits per heavy atom. The van der Waals surface area contributed by atoms with Crippen molar-refractivity contribution < 1.29 is 14.6 Å². The molecule has 1 aromatic rings. The molecule has 1 rings (SSSR count). The molecule has 0 aromatic heterocycles. The van der Waals surface area contributed by atoms with E-state index in [0.29, 0.717) is 6.61 Å². The summed E-state index contributed by atoms with van der Waals surface area (Å²) in [6.07, 6.45) is -0.524. The molecule has 4 heteroatoms. The summed E-state index contributed by atoms with van der Waals surface area (Å²) >= 11 is 0. The van der Waals surface area contributed by atoms with Gasteiger partial charge in [-0.05, 0) is 19.4 Å². The number of rotatable bonds is 6. The van der Waals surface area contributed by atoms with E-state index in [9.17, 15) is 4.79 Å². The van der Waals surface area contributed by atoms with Crippen LogP contribution in [-0.2, 0) is 16.1 Å². The summed E-state index contributed by atoms with van der Waals surface area (Å²) in [7, 11) is 0. The molecule has 0 spiro atoms. The molecule has 0 bridgehead atoms. The lowest BCUT2D eigenvalue weighted by molar-refractivity contribution is -0.133. The number of carbonyl (C=O) groups excluding carboxylic acids is 1. The molecule has 0 aliphatic rings. The number of nitrogens with one attached hydrogen (secondary N) is 1. The fourth-order valence-corrected chi connectivity index (χ4v) is 1.28. The number of carbonyl (C=O) groups is 1. The van der Waals surface area contributed by atoms with Crippen LogP contribution in [0.4, 0.5) is 0 Å². The maximum atomic E-state index is 11.6. The Hall–Kier alpha value is -1.39. The quantitative estimate of drug-likeness (QED) is 0.778. The van der Waals surface area contributed by atoms with E-state index in [-0.39, 0.29) is 18.6 Å². The molecule has 0 fully saturated rings. The van der Waals surface area contributed by atoms with Crippen LogP contribution in [0.2, 0.25) is 0 Å². The van der Waals surface area contributed by atoms with Crippen LogP contribution in [0.25, 0.3) is 0 Å². The number of hydrogen-bond acceptors (Lipinski definition) is 3. The first-order chi connectivity index (χ1) is 8.13. The number of hydrogen-bond donors (Lipinski definition) is 2. The van der Waals surface area contributed by atoms with Crippen molar-refractivity contribution in [3.8, 4) is 0 Å². The van der Waals surface area contributed by atoms with Gasteiger partial charge in [-0.2, -0.15) is 0 Å². The molecule has 1 amide bonds. The topological polar surface area (TPSA) is 58.6 Å². The molecule has 0 radical (unpaired) electrons. The van der Waals surface area contributed by atoms with Gasteiger partial charge in [0.2, 0.25) is 5.91 Å². The molecule has 2 atom stereocenters. The molecule has 0 heterocycles. The van der Waals surface area contributed by atoms with Crippen molar-refractivity contribution in [2.45, 2.75) is 32.6 Å². The second-order valence-corrected chi connectivity index (χ2v) is 4.03. The maximum absolute atomic E-state index is 11.6. The van der Waals surface area contributed by atoms with Crippen LogP contribution < -0.4 is 5.32 Å². The average Bonchev–Trinajstić information content (AvgIpc) is 2.36. The summed E-state index contributed by atoms with van der Waals surface area (Å²) in [6.45, 7) is 3.77. The lowest BCUT2D eigenvalue weighted by Crippen LogP contribution is -2.41. The van der Waals surface area contributed by atoms with E-state index in [0.717, 1.165) is 5.56 Å². The Morgan fingerprint density at radius 1 is 1.35 bits per heavy atom. The van der Waals surface area contributed by atoms with Gasteiger partial charge < -0.3 is 15.2 Å². The van der Waals surface area contributed by atoms with Gasteiger partial charge >= 0.3 is 0 Å². The smallest absolute Gasteiger partial charge is 0.249 e. The van der Waals surface area contributed by atoms with Crippen molar-refractivity contribution in [2.24, 2.45) is 0 Å². The van der Waals surface area contributed by atoms with Gasteiger partial charge in [-0.25, -0.2) is 0 Å². The van der Waals surface area contributed by atoms with Crippen LogP contribution in [-0.4, -0.2) is 29.8 Å². The summed E-state index contributed by atoms with van der Waals surface area (Å²) in [6, 6.07) is 9.43. The van der Waals surface area contributed by atoms with Crippen LogP contribution in [0.3, 0.4) is 0 Å². The minimum atomic E-state index is -0.524. The van der Waals surface area contributed by atoms with Gasteiger partial charge in [0.25, 0.3) is 0 Å². The minimum Gasteiger partial charge on any atom is -0.394 e. The average molecular weight is 237 g/mol. The number of amides is 1. The lowest BCUT2D eigenvalue weighted by Gasteiger charge is -2.16. The minimum absolute atomic E-state index is 0.0723. The highest BCUT2D eigenvalue weighted by molar-refractivity contribution is 5.80. The molecule has 0 saturated carbocycles.